The molecule has 1 heterocycles. The first-order valence-corrected chi connectivity index (χ1v) is 7.25. The number of nitrogens with zero attached hydrogens (tertiary/aromatic N) is 1. The summed E-state index contributed by atoms with van der Waals surface area (Å²) >= 11 is 0. The van der Waals surface area contributed by atoms with Crippen LogP contribution in [0.1, 0.15) is 5.56 Å². The van der Waals surface area contributed by atoms with Gasteiger partial charge in [-0.2, -0.15) is 0 Å². The summed E-state index contributed by atoms with van der Waals surface area (Å²) in [5.74, 6) is -0.911. The highest BCUT2D eigenvalue weighted by atomic mass is 16.3. The Morgan fingerprint density at radius 3 is 2.65 bits per heavy atom. The van der Waals surface area contributed by atoms with E-state index < -0.39 is 36.5 Å². The van der Waals surface area contributed by atoms with Crippen LogP contribution in [0, 0.1) is 0 Å². The van der Waals surface area contributed by atoms with E-state index in [4.69, 9.17) is 0 Å². The van der Waals surface area contributed by atoms with Crippen LogP contribution in [-0.4, -0.2) is 60.1 Å². The smallest absolute Gasteiger partial charge is 0.315 e. The van der Waals surface area contributed by atoms with Crippen molar-refractivity contribution >= 4 is 17.8 Å². The minimum absolute atomic E-state index is 0.150. The van der Waals surface area contributed by atoms with Crippen molar-refractivity contribution in [3.05, 3.63) is 35.9 Å². The van der Waals surface area contributed by atoms with Gasteiger partial charge in [-0.05, 0) is 5.56 Å². The van der Waals surface area contributed by atoms with Crippen LogP contribution in [0.5, 0.6) is 0 Å². The standard InChI is InChI=1S/C15H20N4O4/c1-19(8-10-5-3-2-4-6-10)14(22)12(9-20)17-13(21)11-7-16-15(23)18-11/h2-6,11-12,20H,7-9H2,1H3,(H,17,21)(H2,16,18,23)/t11?,12-/m0/s1. The zero-order chi connectivity index (χ0) is 16.8. The SMILES string of the molecule is CN(Cc1ccccc1)C(=O)[C@H](CO)NC(=O)C1CNC(=O)N1. The Kier molecular flexibility index (Phi) is 5.53. The molecule has 1 fully saturated rings. The molecule has 8 nitrogen and oxygen atoms in total. The van der Waals surface area contributed by atoms with E-state index in [9.17, 15) is 19.5 Å². The molecule has 124 valence electrons. The predicted octanol–water partition coefficient (Wildman–Crippen LogP) is -1.20. The maximum atomic E-state index is 12.3. The summed E-state index contributed by atoms with van der Waals surface area (Å²) in [6, 6.07) is 7.16. The molecule has 4 amide bonds. The number of carbonyl (C=O) groups excluding carboxylic acids is 3. The van der Waals surface area contributed by atoms with Crippen LogP contribution in [0.25, 0.3) is 0 Å². The zero-order valence-electron chi connectivity index (χ0n) is 12.8. The van der Waals surface area contributed by atoms with Gasteiger partial charge < -0.3 is 26.0 Å². The first-order valence-electron chi connectivity index (χ1n) is 7.25. The Morgan fingerprint density at radius 1 is 1.39 bits per heavy atom. The number of urea groups is 1. The van der Waals surface area contributed by atoms with Gasteiger partial charge in [0.2, 0.25) is 11.8 Å². The fraction of sp³-hybridized carbons (Fsp3) is 0.400. The average Bonchev–Trinajstić information content (AvgIpc) is 2.99. The topological polar surface area (TPSA) is 111 Å². The number of nitrogens with one attached hydrogen (secondary N) is 3. The third kappa shape index (κ3) is 4.43. The molecule has 1 aromatic rings. The molecule has 1 saturated heterocycles. The van der Waals surface area contributed by atoms with Crippen molar-refractivity contribution < 1.29 is 19.5 Å². The molecule has 8 heteroatoms. The van der Waals surface area contributed by atoms with E-state index in [0.717, 1.165) is 5.56 Å². The molecular formula is C15H20N4O4. The van der Waals surface area contributed by atoms with Crippen molar-refractivity contribution in [1.82, 2.24) is 20.9 Å². The third-order valence-electron chi connectivity index (χ3n) is 3.52. The van der Waals surface area contributed by atoms with E-state index in [1.165, 1.54) is 4.90 Å². The van der Waals surface area contributed by atoms with E-state index >= 15 is 0 Å². The Balaban J connectivity index is 1.92. The summed E-state index contributed by atoms with van der Waals surface area (Å²) in [4.78, 5) is 36.8. The minimum Gasteiger partial charge on any atom is -0.394 e. The molecule has 0 aromatic heterocycles. The van der Waals surface area contributed by atoms with Gasteiger partial charge in [0.1, 0.15) is 12.1 Å². The van der Waals surface area contributed by atoms with Crippen molar-refractivity contribution in [3.8, 4) is 0 Å². The average molecular weight is 320 g/mol. The number of rotatable bonds is 6. The predicted molar refractivity (Wildman–Crippen MR) is 82.3 cm³/mol. The highest BCUT2D eigenvalue weighted by Crippen LogP contribution is 2.04. The van der Waals surface area contributed by atoms with Crippen molar-refractivity contribution in [3.63, 3.8) is 0 Å². The molecule has 4 N–H and O–H groups in total. The highest BCUT2D eigenvalue weighted by molar-refractivity contribution is 5.93. The van der Waals surface area contributed by atoms with Crippen molar-refractivity contribution in [2.75, 3.05) is 20.2 Å². The maximum Gasteiger partial charge on any atom is 0.315 e. The number of aliphatic hydroxyl groups excluding tert-OH is 1. The van der Waals surface area contributed by atoms with Gasteiger partial charge in [0, 0.05) is 20.1 Å². The van der Waals surface area contributed by atoms with Gasteiger partial charge in [-0.1, -0.05) is 30.3 Å². The molecule has 0 saturated carbocycles. The number of carbonyl (C=O) groups is 3. The molecule has 0 spiro atoms. The molecule has 0 bridgehead atoms. The lowest BCUT2D eigenvalue weighted by atomic mass is 10.2. The van der Waals surface area contributed by atoms with Crippen LogP contribution < -0.4 is 16.0 Å². The first kappa shape index (κ1) is 16.8. The van der Waals surface area contributed by atoms with Gasteiger partial charge in [-0.3, -0.25) is 9.59 Å². The van der Waals surface area contributed by atoms with Crippen LogP contribution in [-0.2, 0) is 16.1 Å². The molecule has 0 radical (unpaired) electrons. The second-order valence-corrected chi connectivity index (χ2v) is 5.33. The molecular weight excluding hydrogens is 300 g/mol. The Hall–Kier alpha value is -2.61. The normalized spacial score (nSPS) is 17.8. The number of aliphatic hydroxyl groups is 1. The quantitative estimate of drug-likeness (QED) is 0.528. The molecule has 1 aliphatic heterocycles. The lowest BCUT2D eigenvalue weighted by molar-refractivity contribution is -0.137. The minimum atomic E-state index is -1.05. The van der Waals surface area contributed by atoms with Crippen molar-refractivity contribution in [1.29, 1.82) is 0 Å². The van der Waals surface area contributed by atoms with Gasteiger partial charge in [0.25, 0.3) is 0 Å². The lowest BCUT2D eigenvalue weighted by Crippen LogP contribution is -2.54. The van der Waals surface area contributed by atoms with Crippen LogP contribution in [0.4, 0.5) is 4.79 Å². The molecule has 2 atom stereocenters. The summed E-state index contributed by atoms with van der Waals surface area (Å²) in [7, 11) is 1.60. The first-order chi connectivity index (χ1) is 11.0. The van der Waals surface area contributed by atoms with Crippen LogP contribution in [0.3, 0.4) is 0 Å². The van der Waals surface area contributed by atoms with Gasteiger partial charge in [0.05, 0.1) is 6.61 Å². The van der Waals surface area contributed by atoms with Gasteiger partial charge in [-0.15, -0.1) is 0 Å². The maximum absolute atomic E-state index is 12.3. The fourth-order valence-electron chi connectivity index (χ4n) is 2.27. The van der Waals surface area contributed by atoms with Gasteiger partial charge in [0.15, 0.2) is 0 Å². The van der Waals surface area contributed by atoms with E-state index in [1.807, 2.05) is 30.3 Å². The summed E-state index contributed by atoms with van der Waals surface area (Å²) in [5, 5.41) is 16.7. The van der Waals surface area contributed by atoms with Crippen LogP contribution >= 0.6 is 0 Å². The second-order valence-electron chi connectivity index (χ2n) is 5.33. The lowest BCUT2D eigenvalue weighted by Gasteiger charge is -2.24. The van der Waals surface area contributed by atoms with E-state index in [1.54, 1.807) is 7.05 Å². The molecule has 1 aliphatic rings. The third-order valence-corrected chi connectivity index (χ3v) is 3.52. The number of benzene rings is 1. The van der Waals surface area contributed by atoms with Crippen LogP contribution in [0.15, 0.2) is 30.3 Å². The Labute approximate surface area is 133 Å². The number of likely N-dealkylation sites (N-methyl/N-ethyl adjacent to an activating group) is 1. The zero-order valence-corrected chi connectivity index (χ0v) is 12.8. The van der Waals surface area contributed by atoms with Gasteiger partial charge in [-0.25, -0.2) is 4.79 Å². The second kappa shape index (κ2) is 7.59. The largest absolute Gasteiger partial charge is 0.394 e. The summed E-state index contributed by atoms with van der Waals surface area (Å²) in [5.41, 5.74) is 0.943. The van der Waals surface area contributed by atoms with Crippen LogP contribution in [0.2, 0.25) is 0 Å². The Bertz CT molecular complexity index is 578. The number of hydrogen-bond donors (Lipinski definition) is 4. The van der Waals surface area contributed by atoms with E-state index in [-0.39, 0.29) is 6.54 Å². The highest BCUT2D eigenvalue weighted by Gasteiger charge is 2.30. The monoisotopic (exact) mass is 320 g/mol. The molecule has 1 aromatic carbocycles. The van der Waals surface area contributed by atoms with Crippen molar-refractivity contribution in [2.45, 2.75) is 18.6 Å². The van der Waals surface area contributed by atoms with Gasteiger partial charge >= 0.3 is 6.03 Å². The summed E-state index contributed by atoms with van der Waals surface area (Å²) in [6.45, 7) is 0.00240. The number of hydrogen-bond acceptors (Lipinski definition) is 4. The summed E-state index contributed by atoms with van der Waals surface area (Å²) in [6.07, 6.45) is 0. The summed E-state index contributed by atoms with van der Waals surface area (Å²) < 4.78 is 0. The number of amides is 4. The molecule has 2 rings (SSSR count). The van der Waals surface area contributed by atoms with Crippen molar-refractivity contribution in [2.24, 2.45) is 0 Å². The molecule has 1 unspecified atom stereocenters. The van der Waals surface area contributed by atoms with E-state index in [0.29, 0.717) is 6.54 Å². The van der Waals surface area contributed by atoms with E-state index in [2.05, 4.69) is 16.0 Å². The molecule has 0 aliphatic carbocycles. The fourth-order valence-corrected chi connectivity index (χ4v) is 2.27. The Morgan fingerprint density at radius 2 is 2.09 bits per heavy atom. The molecule has 23 heavy (non-hydrogen) atoms.